The van der Waals surface area contributed by atoms with Crippen LogP contribution in [-0.2, 0) is 10.0 Å². The first kappa shape index (κ1) is 17.1. The molecule has 3 aromatic rings. The van der Waals surface area contributed by atoms with Crippen LogP contribution >= 0.6 is 11.6 Å². The Labute approximate surface area is 149 Å². The van der Waals surface area contributed by atoms with Crippen LogP contribution in [0.25, 0.3) is 0 Å². The summed E-state index contributed by atoms with van der Waals surface area (Å²) in [6.07, 6.45) is 2.68. The SMILES string of the molecule is O=C(Nc1cccc(S(=O)(=O)Nc2ccccc2Cl)c1)c1ccoc1. The number of sulfonamides is 1. The number of nitrogens with one attached hydrogen (secondary N) is 2. The number of benzene rings is 2. The molecule has 0 radical (unpaired) electrons. The highest BCUT2D eigenvalue weighted by Gasteiger charge is 2.17. The highest BCUT2D eigenvalue weighted by molar-refractivity contribution is 7.92. The molecule has 1 heterocycles. The number of hydrogen-bond acceptors (Lipinski definition) is 4. The third-order valence-electron chi connectivity index (χ3n) is 3.30. The van der Waals surface area contributed by atoms with E-state index >= 15 is 0 Å². The average molecular weight is 377 g/mol. The van der Waals surface area contributed by atoms with E-state index in [9.17, 15) is 13.2 Å². The minimum atomic E-state index is -3.85. The van der Waals surface area contributed by atoms with Crippen molar-refractivity contribution in [2.45, 2.75) is 4.90 Å². The molecule has 2 N–H and O–H groups in total. The average Bonchev–Trinajstić information content (AvgIpc) is 3.12. The van der Waals surface area contributed by atoms with E-state index in [1.54, 1.807) is 30.3 Å². The van der Waals surface area contributed by atoms with E-state index in [4.69, 9.17) is 16.0 Å². The fourth-order valence-electron chi connectivity index (χ4n) is 2.09. The van der Waals surface area contributed by atoms with E-state index < -0.39 is 15.9 Å². The van der Waals surface area contributed by atoms with E-state index in [-0.39, 0.29) is 15.6 Å². The number of amides is 1. The molecule has 0 bridgehead atoms. The van der Waals surface area contributed by atoms with Gasteiger partial charge >= 0.3 is 0 Å². The Morgan fingerprint density at radius 1 is 1.04 bits per heavy atom. The molecule has 0 aliphatic carbocycles. The third kappa shape index (κ3) is 4.01. The maximum absolute atomic E-state index is 12.5. The minimum absolute atomic E-state index is 0.00240. The van der Waals surface area contributed by atoms with Gasteiger partial charge in [0.15, 0.2) is 0 Å². The summed E-state index contributed by atoms with van der Waals surface area (Å²) in [6.45, 7) is 0. The largest absolute Gasteiger partial charge is 0.472 e. The van der Waals surface area contributed by atoms with Crippen LogP contribution in [0, 0.1) is 0 Å². The quantitative estimate of drug-likeness (QED) is 0.704. The van der Waals surface area contributed by atoms with Crippen molar-refractivity contribution in [2.75, 3.05) is 10.0 Å². The molecule has 8 heteroatoms. The summed E-state index contributed by atoms with van der Waals surface area (Å²) < 4.78 is 32.3. The first-order valence-electron chi connectivity index (χ1n) is 7.17. The Morgan fingerprint density at radius 2 is 1.84 bits per heavy atom. The number of hydrogen-bond donors (Lipinski definition) is 2. The van der Waals surface area contributed by atoms with E-state index in [1.807, 2.05) is 0 Å². The van der Waals surface area contributed by atoms with Gasteiger partial charge in [-0.1, -0.05) is 29.8 Å². The van der Waals surface area contributed by atoms with Crippen LogP contribution in [-0.4, -0.2) is 14.3 Å². The van der Waals surface area contributed by atoms with Crippen LogP contribution in [0.4, 0.5) is 11.4 Å². The second kappa shape index (κ2) is 7.00. The summed E-state index contributed by atoms with van der Waals surface area (Å²) >= 11 is 5.98. The Kier molecular flexibility index (Phi) is 4.78. The lowest BCUT2D eigenvalue weighted by molar-refractivity contribution is 0.102. The number of furan rings is 1. The molecule has 0 aliphatic heterocycles. The van der Waals surface area contributed by atoms with E-state index in [0.29, 0.717) is 11.3 Å². The van der Waals surface area contributed by atoms with Crippen molar-refractivity contribution in [1.29, 1.82) is 0 Å². The van der Waals surface area contributed by atoms with Gasteiger partial charge in [0.25, 0.3) is 15.9 Å². The van der Waals surface area contributed by atoms with Crippen molar-refractivity contribution in [3.63, 3.8) is 0 Å². The molecule has 2 aromatic carbocycles. The van der Waals surface area contributed by atoms with Gasteiger partial charge in [-0.2, -0.15) is 0 Å². The van der Waals surface area contributed by atoms with Gasteiger partial charge in [-0.15, -0.1) is 0 Å². The fraction of sp³-hybridized carbons (Fsp3) is 0. The summed E-state index contributed by atoms with van der Waals surface area (Å²) in [5.74, 6) is -0.401. The lowest BCUT2D eigenvalue weighted by atomic mass is 10.3. The molecule has 0 unspecified atom stereocenters. The fourth-order valence-corrected chi connectivity index (χ4v) is 3.45. The van der Waals surface area contributed by atoms with Gasteiger partial charge in [-0.25, -0.2) is 8.42 Å². The van der Waals surface area contributed by atoms with E-state index in [1.165, 1.54) is 36.8 Å². The number of rotatable bonds is 5. The Bertz CT molecular complexity index is 1000. The summed E-state index contributed by atoms with van der Waals surface area (Å²) in [5, 5.41) is 2.90. The van der Waals surface area contributed by atoms with Gasteiger partial charge in [-0.05, 0) is 36.4 Å². The normalized spacial score (nSPS) is 11.1. The molecule has 3 rings (SSSR count). The van der Waals surface area contributed by atoms with Crippen molar-refractivity contribution in [2.24, 2.45) is 0 Å². The van der Waals surface area contributed by atoms with Crippen molar-refractivity contribution in [3.05, 3.63) is 77.7 Å². The van der Waals surface area contributed by atoms with Crippen molar-refractivity contribution in [1.82, 2.24) is 0 Å². The van der Waals surface area contributed by atoms with Crippen LogP contribution in [0.2, 0.25) is 5.02 Å². The highest BCUT2D eigenvalue weighted by Crippen LogP contribution is 2.25. The minimum Gasteiger partial charge on any atom is -0.472 e. The summed E-state index contributed by atoms with van der Waals surface area (Å²) in [4.78, 5) is 12.0. The summed E-state index contributed by atoms with van der Waals surface area (Å²) in [6, 6.07) is 13.9. The van der Waals surface area contributed by atoms with Crippen LogP contribution in [0.3, 0.4) is 0 Å². The number of halogens is 1. The standard InChI is InChI=1S/C17H13ClN2O4S/c18-15-6-1-2-7-16(15)20-25(22,23)14-5-3-4-13(10-14)19-17(21)12-8-9-24-11-12/h1-11,20H,(H,19,21). The molecule has 0 spiro atoms. The van der Waals surface area contributed by atoms with Crippen LogP contribution in [0.1, 0.15) is 10.4 Å². The molecule has 0 saturated carbocycles. The second-order valence-electron chi connectivity index (χ2n) is 5.08. The first-order valence-corrected chi connectivity index (χ1v) is 9.03. The molecule has 0 fully saturated rings. The molecule has 1 aromatic heterocycles. The predicted octanol–water partition coefficient (Wildman–Crippen LogP) is 3.99. The van der Waals surface area contributed by atoms with Crippen LogP contribution in [0.5, 0.6) is 0 Å². The van der Waals surface area contributed by atoms with E-state index in [2.05, 4.69) is 10.0 Å². The van der Waals surface area contributed by atoms with Crippen molar-refractivity contribution >= 4 is 38.9 Å². The number of carbonyl (C=O) groups excluding carboxylic acids is 1. The molecule has 25 heavy (non-hydrogen) atoms. The third-order valence-corrected chi connectivity index (χ3v) is 5.00. The number of anilines is 2. The Morgan fingerprint density at radius 3 is 2.56 bits per heavy atom. The van der Waals surface area contributed by atoms with Gasteiger partial charge in [0.2, 0.25) is 0 Å². The zero-order valence-corrected chi connectivity index (χ0v) is 14.3. The molecular weight excluding hydrogens is 364 g/mol. The maximum Gasteiger partial charge on any atom is 0.262 e. The van der Waals surface area contributed by atoms with E-state index in [0.717, 1.165) is 0 Å². The summed E-state index contributed by atoms with van der Waals surface area (Å²) in [7, 11) is -3.85. The number of carbonyl (C=O) groups is 1. The topological polar surface area (TPSA) is 88.4 Å². The van der Waals surface area contributed by atoms with Gasteiger partial charge in [0.1, 0.15) is 6.26 Å². The van der Waals surface area contributed by atoms with Gasteiger partial charge in [-0.3, -0.25) is 9.52 Å². The molecule has 1 amide bonds. The van der Waals surface area contributed by atoms with Crippen LogP contribution < -0.4 is 10.0 Å². The summed E-state index contributed by atoms with van der Waals surface area (Å²) in [5.41, 5.74) is 0.952. The van der Waals surface area contributed by atoms with Gasteiger partial charge < -0.3 is 9.73 Å². The lowest BCUT2D eigenvalue weighted by Crippen LogP contribution is -2.15. The zero-order chi connectivity index (χ0) is 17.9. The van der Waals surface area contributed by atoms with Gasteiger partial charge in [0, 0.05) is 5.69 Å². The Hall–Kier alpha value is -2.77. The monoisotopic (exact) mass is 376 g/mol. The second-order valence-corrected chi connectivity index (χ2v) is 7.17. The first-order chi connectivity index (χ1) is 12.0. The molecule has 0 atom stereocenters. The van der Waals surface area contributed by atoms with Crippen LogP contribution in [0.15, 0.2) is 76.4 Å². The van der Waals surface area contributed by atoms with Crippen molar-refractivity contribution in [3.8, 4) is 0 Å². The smallest absolute Gasteiger partial charge is 0.262 e. The predicted molar refractivity (Wildman–Crippen MR) is 95.4 cm³/mol. The molecular formula is C17H13ClN2O4S. The number of para-hydroxylation sites is 1. The zero-order valence-electron chi connectivity index (χ0n) is 12.8. The molecule has 128 valence electrons. The highest BCUT2D eigenvalue weighted by atomic mass is 35.5. The lowest BCUT2D eigenvalue weighted by Gasteiger charge is -2.11. The van der Waals surface area contributed by atoms with Crippen molar-refractivity contribution < 1.29 is 17.6 Å². The molecule has 0 aliphatic rings. The Balaban J connectivity index is 1.83. The molecule has 6 nitrogen and oxygen atoms in total. The molecule has 0 saturated heterocycles. The van der Waals surface area contributed by atoms with Gasteiger partial charge in [0.05, 0.1) is 27.4 Å². The maximum atomic E-state index is 12.5.